The van der Waals surface area contributed by atoms with Crippen LogP contribution >= 0.6 is 0 Å². The Labute approximate surface area is 112 Å². The van der Waals surface area contributed by atoms with Gasteiger partial charge in [0.1, 0.15) is 11.6 Å². The van der Waals surface area contributed by atoms with Crippen LogP contribution in [0, 0.1) is 5.82 Å². The van der Waals surface area contributed by atoms with E-state index >= 15 is 0 Å². The first kappa shape index (κ1) is 12.5. The van der Waals surface area contributed by atoms with Gasteiger partial charge in [-0.25, -0.2) is 9.82 Å². The van der Waals surface area contributed by atoms with E-state index in [4.69, 9.17) is 10.5 Å². The van der Waals surface area contributed by atoms with Crippen LogP contribution in [0.5, 0.6) is 5.75 Å². The van der Waals surface area contributed by atoms with Gasteiger partial charge in [-0.3, -0.25) is 0 Å². The smallest absolute Gasteiger partial charge is 0.150 e. The highest BCUT2D eigenvalue weighted by Crippen LogP contribution is 2.39. The lowest BCUT2D eigenvalue weighted by atomic mass is 9.79. The first-order valence-electron chi connectivity index (χ1n) is 6.82. The highest BCUT2D eigenvalue weighted by molar-refractivity contribution is 5.64. The van der Waals surface area contributed by atoms with E-state index in [1.54, 1.807) is 13.2 Å². The van der Waals surface area contributed by atoms with Crippen molar-refractivity contribution in [2.75, 3.05) is 24.4 Å². The van der Waals surface area contributed by atoms with Crippen LogP contribution in [0.15, 0.2) is 12.1 Å². The Kier molecular flexibility index (Phi) is 3.01. The number of nitrogens with one attached hydrogen (secondary N) is 1. The van der Waals surface area contributed by atoms with Gasteiger partial charge in [0, 0.05) is 12.1 Å². The molecule has 104 valence electrons. The van der Waals surface area contributed by atoms with Gasteiger partial charge in [0.2, 0.25) is 0 Å². The molecule has 1 aromatic rings. The molecule has 0 amide bonds. The van der Waals surface area contributed by atoms with Crippen molar-refractivity contribution in [2.24, 2.45) is 0 Å². The van der Waals surface area contributed by atoms with Gasteiger partial charge < -0.3 is 15.5 Å². The fourth-order valence-electron chi connectivity index (χ4n) is 3.16. The van der Waals surface area contributed by atoms with Crippen molar-refractivity contribution in [3.63, 3.8) is 0 Å². The number of methoxy groups -OCH3 is 1. The van der Waals surface area contributed by atoms with Gasteiger partial charge in [0.15, 0.2) is 0 Å². The molecular formula is C14H20FN3O. The minimum absolute atomic E-state index is 0.194. The van der Waals surface area contributed by atoms with Crippen molar-refractivity contribution in [1.29, 1.82) is 0 Å². The Morgan fingerprint density at radius 1 is 1.32 bits per heavy atom. The Balaban J connectivity index is 1.77. The number of nitrogen functional groups attached to an aromatic ring is 1. The maximum atomic E-state index is 14.0. The molecule has 0 radical (unpaired) electrons. The Morgan fingerprint density at radius 2 is 2.00 bits per heavy atom. The Hall–Kier alpha value is -1.49. The number of hydrogen-bond acceptors (Lipinski definition) is 4. The summed E-state index contributed by atoms with van der Waals surface area (Å²) in [6.07, 6.45) is 6.19. The molecule has 1 saturated carbocycles. The number of benzene rings is 1. The van der Waals surface area contributed by atoms with E-state index in [1.165, 1.54) is 38.2 Å². The van der Waals surface area contributed by atoms with Crippen molar-refractivity contribution in [1.82, 2.24) is 5.43 Å². The van der Waals surface area contributed by atoms with E-state index in [1.807, 2.05) is 5.01 Å². The van der Waals surface area contributed by atoms with Gasteiger partial charge in [-0.15, -0.1) is 0 Å². The van der Waals surface area contributed by atoms with Crippen LogP contribution in [0.25, 0.3) is 0 Å². The highest BCUT2D eigenvalue weighted by atomic mass is 19.1. The van der Waals surface area contributed by atoms with Crippen molar-refractivity contribution in [3.8, 4) is 5.75 Å². The Morgan fingerprint density at radius 3 is 2.63 bits per heavy atom. The van der Waals surface area contributed by atoms with Gasteiger partial charge in [0.25, 0.3) is 0 Å². The van der Waals surface area contributed by atoms with Crippen LogP contribution in [-0.2, 0) is 0 Å². The lowest BCUT2D eigenvalue weighted by molar-refractivity contribution is 0.151. The zero-order valence-electron chi connectivity index (χ0n) is 11.2. The minimum Gasteiger partial charge on any atom is -0.495 e. The standard InChI is InChI=1S/C14H20FN3O/c1-19-13-8-12(10(15)7-11(13)16)18-9-14(17-18)5-3-2-4-6-14/h7-8,17H,2-6,9,16H2,1H3. The first-order chi connectivity index (χ1) is 9.13. The summed E-state index contributed by atoms with van der Waals surface area (Å²) in [5, 5.41) is 1.86. The summed E-state index contributed by atoms with van der Waals surface area (Å²) in [5.41, 5.74) is 10.2. The SMILES string of the molecule is COc1cc(N2CC3(CCCCC3)N2)c(F)cc1N. The molecule has 0 aromatic heterocycles. The van der Waals surface area contributed by atoms with Crippen LogP contribution in [0.4, 0.5) is 15.8 Å². The average Bonchev–Trinajstić information content (AvgIpc) is 2.37. The van der Waals surface area contributed by atoms with E-state index in [9.17, 15) is 4.39 Å². The third-order valence-corrected chi connectivity index (χ3v) is 4.23. The second-order valence-electron chi connectivity index (χ2n) is 5.58. The molecule has 1 aliphatic carbocycles. The number of nitrogens with zero attached hydrogens (tertiary/aromatic N) is 1. The highest BCUT2D eigenvalue weighted by Gasteiger charge is 2.44. The summed E-state index contributed by atoms with van der Waals surface area (Å²) in [6.45, 7) is 0.858. The van der Waals surface area contributed by atoms with Gasteiger partial charge in [-0.05, 0) is 12.8 Å². The number of nitrogens with two attached hydrogens (primary N) is 1. The maximum absolute atomic E-state index is 14.0. The third-order valence-electron chi connectivity index (χ3n) is 4.23. The second kappa shape index (κ2) is 4.56. The summed E-state index contributed by atoms with van der Waals surface area (Å²) in [7, 11) is 1.54. The molecule has 0 atom stereocenters. The lowest BCUT2D eigenvalue weighted by Gasteiger charge is -2.54. The van der Waals surface area contributed by atoms with E-state index in [2.05, 4.69) is 5.43 Å². The van der Waals surface area contributed by atoms with Crippen molar-refractivity contribution >= 4 is 11.4 Å². The predicted molar refractivity (Wildman–Crippen MR) is 73.7 cm³/mol. The molecule has 2 fully saturated rings. The predicted octanol–water partition coefficient (Wildman–Crippen LogP) is 2.44. The van der Waals surface area contributed by atoms with E-state index in [0.717, 1.165) is 6.54 Å². The number of anilines is 2. The molecule has 2 aliphatic rings. The van der Waals surface area contributed by atoms with E-state index in [-0.39, 0.29) is 11.4 Å². The molecule has 4 nitrogen and oxygen atoms in total. The zero-order valence-corrected chi connectivity index (χ0v) is 11.2. The monoisotopic (exact) mass is 265 g/mol. The number of hydrogen-bond donors (Lipinski definition) is 2. The fourth-order valence-corrected chi connectivity index (χ4v) is 3.16. The average molecular weight is 265 g/mol. The molecular weight excluding hydrogens is 245 g/mol. The van der Waals surface area contributed by atoms with Gasteiger partial charge in [-0.2, -0.15) is 0 Å². The van der Waals surface area contributed by atoms with E-state index in [0.29, 0.717) is 17.1 Å². The molecule has 1 aromatic carbocycles. The van der Waals surface area contributed by atoms with Crippen LogP contribution in [0.2, 0.25) is 0 Å². The van der Waals surface area contributed by atoms with Crippen LogP contribution < -0.4 is 20.9 Å². The molecule has 3 N–H and O–H groups in total. The molecule has 1 heterocycles. The molecule has 0 unspecified atom stereocenters. The molecule has 1 saturated heterocycles. The summed E-state index contributed by atoms with van der Waals surface area (Å²) >= 11 is 0. The maximum Gasteiger partial charge on any atom is 0.150 e. The zero-order chi connectivity index (χ0) is 13.5. The van der Waals surface area contributed by atoms with Gasteiger partial charge in [-0.1, -0.05) is 19.3 Å². The number of hydrazine groups is 1. The fraction of sp³-hybridized carbons (Fsp3) is 0.571. The third kappa shape index (κ3) is 2.12. The summed E-state index contributed by atoms with van der Waals surface area (Å²) in [4.78, 5) is 0. The van der Waals surface area contributed by atoms with Crippen molar-refractivity contribution < 1.29 is 9.13 Å². The number of ether oxygens (including phenoxy) is 1. The van der Waals surface area contributed by atoms with Crippen LogP contribution in [0.3, 0.4) is 0 Å². The lowest BCUT2D eigenvalue weighted by Crippen LogP contribution is -2.72. The normalized spacial score (nSPS) is 21.3. The molecule has 19 heavy (non-hydrogen) atoms. The molecule has 3 rings (SSSR count). The molecule has 5 heteroatoms. The summed E-state index contributed by atoms with van der Waals surface area (Å²) in [5.74, 6) is 0.208. The largest absolute Gasteiger partial charge is 0.495 e. The number of halogens is 1. The topological polar surface area (TPSA) is 50.5 Å². The summed E-state index contributed by atoms with van der Waals surface area (Å²) in [6, 6.07) is 2.98. The van der Waals surface area contributed by atoms with Crippen molar-refractivity contribution in [3.05, 3.63) is 17.9 Å². The molecule has 0 bridgehead atoms. The minimum atomic E-state index is -0.309. The Bertz CT molecular complexity index is 478. The van der Waals surface area contributed by atoms with Gasteiger partial charge >= 0.3 is 0 Å². The quantitative estimate of drug-likeness (QED) is 0.806. The summed E-state index contributed by atoms with van der Waals surface area (Å²) < 4.78 is 19.1. The van der Waals surface area contributed by atoms with E-state index < -0.39 is 0 Å². The van der Waals surface area contributed by atoms with Crippen LogP contribution in [0.1, 0.15) is 32.1 Å². The number of rotatable bonds is 2. The molecule has 1 aliphatic heterocycles. The van der Waals surface area contributed by atoms with Crippen molar-refractivity contribution in [2.45, 2.75) is 37.6 Å². The van der Waals surface area contributed by atoms with Gasteiger partial charge in [0.05, 0.1) is 30.6 Å². The molecule has 1 spiro atoms. The second-order valence-corrected chi connectivity index (χ2v) is 5.58. The first-order valence-corrected chi connectivity index (χ1v) is 6.82. The van der Waals surface area contributed by atoms with Crippen LogP contribution in [-0.4, -0.2) is 19.2 Å².